The average Bonchev–Trinajstić information content (AvgIpc) is 1.67. The topological polar surface area (TPSA) is 0 Å². The average molecular weight is 450 g/mol. The summed E-state index contributed by atoms with van der Waals surface area (Å²) < 4.78 is 1.98. The van der Waals surface area contributed by atoms with Crippen molar-refractivity contribution in [3.63, 3.8) is 0 Å². The van der Waals surface area contributed by atoms with Gasteiger partial charge in [-0.25, -0.2) is 0 Å². The summed E-state index contributed by atoms with van der Waals surface area (Å²) >= 11 is 7.37. The minimum atomic E-state index is 0.502. The Morgan fingerprint density at radius 1 is 1.38 bits per heavy atom. The molecule has 0 aliphatic heterocycles. The van der Waals surface area contributed by atoms with Crippen molar-refractivity contribution in [1.82, 2.24) is 0 Å². The van der Waals surface area contributed by atoms with E-state index in [9.17, 15) is 0 Å². The Morgan fingerprint density at radius 3 is 1.75 bits per heavy atom. The normalized spacial score (nSPS) is 12.8. The van der Waals surface area contributed by atoms with Gasteiger partial charge in [-0.05, 0) is 5.41 Å². The first-order valence-electron chi connectivity index (χ1n) is 2.35. The van der Waals surface area contributed by atoms with Crippen LogP contribution in [0.1, 0.15) is 13.8 Å². The summed E-state index contributed by atoms with van der Waals surface area (Å²) in [6, 6.07) is 0. The van der Waals surface area contributed by atoms with Crippen molar-refractivity contribution in [2.24, 2.45) is 5.41 Å². The maximum absolute atomic E-state index is 2.47. The molecule has 0 aromatic rings. The minimum Gasteiger partial charge on any atom is -0.0857 e. The molecule has 0 saturated carbocycles. The molecule has 0 aliphatic rings. The fraction of sp³-hybridized carbons (Fsp3) is 1.00. The van der Waals surface area contributed by atoms with Gasteiger partial charge in [0.05, 0.1) is 1.93 Å². The molecule has 0 aromatic carbocycles. The van der Waals surface area contributed by atoms with Crippen LogP contribution in [0.25, 0.3) is 0 Å². The fourth-order valence-corrected chi connectivity index (χ4v) is 2.62. The van der Waals surface area contributed by atoms with Crippen LogP contribution in [0.2, 0.25) is 0 Å². The van der Waals surface area contributed by atoms with Gasteiger partial charge in [0.15, 0.2) is 0 Å². The standard InChI is InChI=1S/C5H9I3/c1-5(2,3-6)4(7)8/h4H,3H2,1-2H3. The maximum atomic E-state index is 2.47. The van der Waals surface area contributed by atoms with Gasteiger partial charge in [0, 0.05) is 4.43 Å². The van der Waals surface area contributed by atoms with Crippen LogP contribution >= 0.6 is 67.8 Å². The van der Waals surface area contributed by atoms with E-state index >= 15 is 0 Å². The summed E-state index contributed by atoms with van der Waals surface area (Å²) in [6.07, 6.45) is 0. The highest BCUT2D eigenvalue weighted by molar-refractivity contribution is 14.2. The lowest BCUT2D eigenvalue weighted by molar-refractivity contribution is 0.499. The van der Waals surface area contributed by atoms with Gasteiger partial charge in [0.1, 0.15) is 0 Å². The van der Waals surface area contributed by atoms with E-state index in [1.807, 2.05) is 0 Å². The first kappa shape index (κ1) is 10.2. The number of rotatable bonds is 2. The Bertz CT molecular complexity index is 68.1. The monoisotopic (exact) mass is 450 g/mol. The second-order valence-corrected chi connectivity index (χ2v) is 8.06. The number of alkyl halides is 3. The van der Waals surface area contributed by atoms with E-state index in [-0.39, 0.29) is 0 Å². The molecule has 3 heteroatoms. The van der Waals surface area contributed by atoms with Gasteiger partial charge in [-0.15, -0.1) is 0 Å². The lowest BCUT2D eigenvalue weighted by atomic mass is 10.0. The minimum absolute atomic E-state index is 0.502. The quantitative estimate of drug-likeness (QED) is 0.446. The van der Waals surface area contributed by atoms with Gasteiger partial charge >= 0.3 is 0 Å². The van der Waals surface area contributed by atoms with Crippen molar-refractivity contribution in [3.8, 4) is 0 Å². The molecule has 50 valence electrons. The number of halogens is 3. The highest BCUT2D eigenvalue weighted by Gasteiger charge is 2.22. The smallest absolute Gasteiger partial charge is 0.0684 e. The van der Waals surface area contributed by atoms with E-state index in [0.717, 1.165) is 1.93 Å². The van der Waals surface area contributed by atoms with Crippen molar-refractivity contribution in [3.05, 3.63) is 0 Å². The maximum Gasteiger partial charge on any atom is 0.0684 e. The van der Waals surface area contributed by atoms with Gasteiger partial charge in [-0.3, -0.25) is 0 Å². The Labute approximate surface area is 92.0 Å². The van der Waals surface area contributed by atoms with Crippen molar-refractivity contribution >= 4 is 67.8 Å². The van der Waals surface area contributed by atoms with Crippen molar-refractivity contribution in [1.29, 1.82) is 0 Å². The second-order valence-electron chi connectivity index (χ2n) is 2.42. The third-order valence-corrected chi connectivity index (χ3v) is 6.27. The number of hydrogen-bond donors (Lipinski definition) is 0. The van der Waals surface area contributed by atoms with Crippen LogP contribution in [0.3, 0.4) is 0 Å². The van der Waals surface area contributed by atoms with Gasteiger partial charge < -0.3 is 0 Å². The predicted octanol–water partition coefficient (Wildman–Crippen LogP) is 3.64. The van der Waals surface area contributed by atoms with Crippen molar-refractivity contribution in [2.45, 2.75) is 15.8 Å². The molecule has 0 N–H and O–H groups in total. The Kier molecular flexibility index (Phi) is 5.28. The fourth-order valence-electron chi connectivity index (χ4n) is 0.0583. The zero-order chi connectivity index (χ0) is 6.78. The van der Waals surface area contributed by atoms with Crippen LogP contribution in [-0.2, 0) is 0 Å². The summed E-state index contributed by atoms with van der Waals surface area (Å²) in [6.45, 7) is 4.59. The lowest BCUT2D eigenvalue weighted by Gasteiger charge is -2.22. The molecule has 0 amide bonds. The summed E-state index contributed by atoms with van der Waals surface area (Å²) in [5.74, 6) is 0. The molecule has 0 spiro atoms. The molecular formula is C5H9I3. The second kappa shape index (κ2) is 4.15. The zero-order valence-corrected chi connectivity index (χ0v) is 11.4. The molecule has 0 fully saturated rings. The first-order chi connectivity index (χ1) is 3.50. The third kappa shape index (κ3) is 3.38. The molecule has 0 heterocycles. The molecule has 0 bridgehead atoms. The molecule has 0 rings (SSSR count). The van der Waals surface area contributed by atoms with Crippen molar-refractivity contribution < 1.29 is 0 Å². The van der Waals surface area contributed by atoms with E-state index in [4.69, 9.17) is 0 Å². The van der Waals surface area contributed by atoms with Crippen LogP contribution in [0.5, 0.6) is 0 Å². The van der Waals surface area contributed by atoms with E-state index in [1.54, 1.807) is 0 Å². The summed E-state index contributed by atoms with van der Waals surface area (Å²) in [7, 11) is 0. The van der Waals surface area contributed by atoms with Crippen LogP contribution in [0, 0.1) is 5.41 Å². The Balaban J connectivity index is 3.71. The third-order valence-electron chi connectivity index (χ3n) is 0.935. The SMILES string of the molecule is CC(C)(CI)C(I)I. The Morgan fingerprint density at radius 2 is 1.75 bits per heavy atom. The molecule has 0 aromatic heterocycles. The van der Waals surface area contributed by atoms with Gasteiger partial charge in [0.2, 0.25) is 0 Å². The molecule has 0 unspecified atom stereocenters. The number of hydrogen-bond acceptors (Lipinski definition) is 0. The zero-order valence-electron chi connectivity index (χ0n) is 4.92. The molecular weight excluding hydrogens is 441 g/mol. The van der Waals surface area contributed by atoms with E-state index in [1.165, 1.54) is 4.43 Å². The van der Waals surface area contributed by atoms with Crippen LogP contribution in [-0.4, -0.2) is 6.36 Å². The highest BCUT2D eigenvalue weighted by Crippen LogP contribution is 2.33. The van der Waals surface area contributed by atoms with Gasteiger partial charge in [0.25, 0.3) is 0 Å². The molecule has 0 saturated heterocycles. The van der Waals surface area contributed by atoms with Crippen LogP contribution < -0.4 is 0 Å². The lowest BCUT2D eigenvalue weighted by Crippen LogP contribution is -2.20. The van der Waals surface area contributed by atoms with Gasteiger partial charge in [-0.1, -0.05) is 81.6 Å². The highest BCUT2D eigenvalue weighted by atomic mass is 127. The molecule has 0 atom stereocenters. The van der Waals surface area contributed by atoms with E-state index in [2.05, 4.69) is 81.6 Å². The van der Waals surface area contributed by atoms with Crippen LogP contribution in [0.4, 0.5) is 0 Å². The largest absolute Gasteiger partial charge is 0.0857 e. The summed E-state index contributed by atoms with van der Waals surface area (Å²) in [5, 5.41) is 0. The summed E-state index contributed by atoms with van der Waals surface area (Å²) in [4.78, 5) is 0. The van der Waals surface area contributed by atoms with Gasteiger partial charge in [-0.2, -0.15) is 0 Å². The molecule has 0 radical (unpaired) electrons. The molecule has 0 aliphatic carbocycles. The Hall–Kier alpha value is 2.19. The van der Waals surface area contributed by atoms with Crippen LogP contribution in [0.15, 0.2) is 0 Å². The molecule has 8 heavy (non-hydrogen) atoms. The predicted molar refractivity (Wildman–Crippen MR) is 64.5 cm³/mol. The summed E-state index contributed by atoms with van der Waals surface area (Å²) in [5.41, 5.74) is 0.502. The first-order valence-corrected chi connectivity index (χ1v) is 6.36. The van der Waals surface area contributed by atoms with E-state index < -0.39 is 0 Å². The molecule has 0 nitrogen and oxygen atoms in total. The van der Waals surface area contributed by atoms with Crippen molar-refractivity contribution in [2.75, 3.05) is 4.43 Å². The van der Waals surface area contributed by atoms with E-state index in [0.29, 0.717) is 5.41 Å².